The van der Waals surface area contributed by atoms with E-state index in [9.17, 15) is 19.8 Å². The SMILES string of the molecule is CCCCCCCCCCCCC(=O)OC[C@@H](O)COC(=O)CCC/C=C\C/C=C\C/C=C\C/C=C\CC[C@@H](O)CC. The van der Waals surface area contributed by atoms with Crippen molar-refractivity contribution >= 4 is 11.9 Å². The fraction of sp³-hybridized carbons (Fsp3) is 0.722. The second kappa shape index (κ2) is 31.7. The Balaban J connectivity index is 3.60. The number of unbranched alkanes of at least 4 members (excludes halogenated alkanes) is 10. The number of allylic oxidation sites excluding steroid dienone is 8. The van der Waals surface area contributed by atoms with Gasteiger partial charge < -0.3 is 19.7 Å². The van der Waals surface area contributed by atoms with E-state index in [-0.39, 0.29) is 31.3 Å². The third kappa shape index (κ3) is 30.8. The molecule has 6 nitrogen and oxygen atoms in total. The standard InChI is InChI=1S/C36H62O6/c1-3-5-6-7-8-9-17-20-23-26-29-35(39)41-31-34(38)32-42-36(40)30-27-24-21-18-15-13-11-10-12-14-16-19-22-25-28-33(37)4-2/h11-14,18-19,21-22,33-34,37-38H,3-10,15-17,20,23-32H2,1-2H3/b13-11-,14-12-,21-18-,22-19-/t33-,34+/m0/s1. The number of rotatable bonds is 29. The molecule has 0 aromatic rings. The summed E-state index contributed by atoms with van der Waals surface area (Å²) < 4.78 is 10.2. The van der Waals surface area contributed by atoms with Gasteiger partial charge in [0, 0.05) is 12.8 Å². The van der Waals surface area contributed by atoms with Crippen molar-refractivity contribution in [2.24, 2.45) is 0 Å². The number of carbonyl (C=O) groups is 2. The Hall–Kier alpha value is -2.18. The molecule has 2 atom stereocenters. The molecule has 0 amide bonds. The van der Waals surface area contributed by atoms with Gasteiger partial charge in [0.15, 0.2) is 0 Å². The first-order chi connectivity index (χ1) is 20.5. The van der Waals surface area contributed by atoms with Gasteiger partial charge in [0.25, 0.3) is 0 Å². The summed E-state index contributed by atoms with van der Waals surface area (Å²) in [6.07, 6.45) is 35.3. The van der Waals surface area contributed by atoms with Crippen LogP contribution in [0.1, 0.15) is 142 Å². The zero-order chi connectivity index (χ0) is 30.9. The lowest BCUT2D eigenvalue weighted by Crippen LogP contribution is -2.25. The molecule has 6 heteroatoms. The summed E-state index contributed by atoms with van der Waals surface area (Å²) in [4.78, 5) is 23.7. The maximum Gasteiger partial charge on any atom is 0.305 e. The van der Waals surface area contributed by atoms with Crippen molar-refractivity contribution in [1.29, 1.82) is 0 Å². The third-order valence-corrected chi connectivity index (χ3v) is 6.98. The van der Waals surface area contributed by atoms with Gasteiger partial charge in [0.2, 0.25) is 0 Å². The van der Waals surface area contributed by atoms with Gasteiger partial charge in [-0.3, -0.25) is 9.59 Å². The zero-order valence-electron chi connectivity index (χ0n) is 26.9. The summed E-state index contributed by atoms with van der Waals surface area (Å²) in [5.41, 5.74) is 0. The van der Waals surface area contributed by atoms with E-state index < -0.39 is 6.10 Å². The maximum atomic E-state index is 11.9. The van der Waals surface area contributed by atoms with Crippen molar-refractivity contribution in [3.05, 3.63) is 48.6 Å². The van der Waals surface area contributed by atoms with Crippen LogP contribution in [-0.4, -0.2) is 47.6 Å². The minimum atomic E-state index is -0.992. The highest BCUT2D eigenvalue weighted by Crippen LogP contribution is 2.11. The van der Waals surface area contributed by atoms with Gasteiger partial charge in [-0.15, -0.1) is 0 Å². The molecule has 0 heterocycles. The molecule has 0 radical (unpaired) electrons. The average Bonchev–Trinajstić information content (AvgIpc) is 2.99. The molecule has 0 saturated carbocycles. The molecule has 0 fully saturated rings. The summed E-state index contributed by atoms with van der Waals surface area (Å²) in [5.74, 6) is -0.652. The van der Waals surface area contributed by atoms with Crippen LogP contribution >= 0.6 is 0 Å². The van der Waals surface area contributed by atoms with Crippen LogP contribution in [0.4, 0.5) is 0 Å². The third-order valence-electron chi connectivity index (χ3n) is 6.98. The minimum Gasteiger partial charge on any atom is -0.463 e. The molecule has 0 aromatic carbocycles. The first-order valence-corrected chi connectivity index (χ1v) is 16.8. The van der Waals surface area contributed by atoms with E-state index in [0.29, 0.717) is 19.3 Å². The zero-order valence-corrected chi connectivity index (χ0v) is 26.9. The van der Waals surface area contributed by atoms with E-state index in [1.807, 2.05) is 6.92 Å². The first kappa shape index (κ1) is 39.8. The second-order valence-electron chi connectivity index (χ2n) is 11.1. The van der Waals surface area contributed by atoms with Gasteiger partial charge in [-0.2, -0.15) is 0 Å². The first-order valence-electron chi connectivity index (χ1n) is 16.8. The molecule has 0 aromatic heterocycles. The Morgan fingerprint density at radius 1 is 0.548 bits per heavy atom. The molecule has 0 unspecified atom stereocenters. The van der Waals surface area contributed by atoms with Gasteiger partial charge >= 0.3 is 11.9 Å². The predicted octanol–water partition coefficient (Wildman–Crippen LogP) is 8.86. The molecule has 0 rings (SSSR count). The Morgan fingerprint density at radius 3 is 1.48 bits per heavy atom. The topological polar surface area (TPSA) is 93.1 Å². The number of carbonyl (C=O) groups excluding carboxylic acids is 2. The van der Waals surface area contributed by atoms with Gasteiger partial charge in [-0.05, 0) is 57.8 Å². The van der Waals surface area contributed by atoms with Crippen molar-refractivity contribution in [3.63, 3.8) is 0 Å². The van der Waals surface area contributed by atoms with Crippen molar-refractivity contribution in [2.45, 2.75) is 154 Å². The van der Waals surface area contributed by atoms with Gasteiger partial charge in [-0.25, -0.2) is 0 Å². The Morgan fingerprint density at radius 2 is 0.976 bits per heavy atom. The van der Waals surface area contributed by atoms with Crippen LogP contribution in [0, 0.1) is 0 Å². The van der Waals surface area contributed by atoms with Crippen LogP contribution in [0.2, 0.25) is 0 Å². The fourth-order valence-electron chi connectivity index (χ4n) is 4.23. The Bertz CT molecular complexity index is 739. The minimum absolute atomic E-state index is 0.141. The summed E-state index contributed by atoms with van der Waals surface area (Å²) in [5, 5.41) is 19.4. The number of aliphatic hydroxyl groups is 2. The predicted molar refractivity (Wildman–Crippen MR) is 174 cm³/mol. The lowest BCUT2D eigenvalue weighted by Gasteiger charge is -2.12. The fourth-order valence-corrected chi connectivity index (χ4v) is 4.23. The molecule has 0 aliphatic carbocycles. The molecule has 2 N–H and O–H groups in total. The molecule has 0 spiro atoms. The summed E-state index contributed by atoms with van der Waals surface area (Å²) in [6.45, 7) is 3.94. The second-order valence-corrected chi connectivity index (χ2v) is 11.1. The normalized spacial score (nSPS) is 13.5. The van der Waals surface area contributed by atoms with Crippen LogP contribution in [0.25, 0.3) is 0 Å². The number of aliphatic hydroxyl groups excluding tert-OH is 2. The average molecular weight is 591 g/mol. The quantitative estimate of drug-likeness (QED) is 0.0513. The number of hydrogen-bond acceptors (Lipinski definition) is 6. The molecular formula is C36H62O6. The van der Waals surface area contributed by atoms with E-state index in [4.69, 9.17) is 9.47 Å². The van der Waals surface area contributed by atoms with Crippen LogP contribution in [-0.2, 0) is 19.1 Å². The van der Waals surface area contributed by atoms with Gasteiger partial charge in [0.1, 0.15) is 19.3 Å². The molecule has 0 saturated heterocycles. The van der Waals surface area contributed by atoms with E-state index in [1.54, 1.807) is 0 Å². The number of hydrogen-bond donors (Lipinski definition) is 2. The van der Waals surface area contributed by atoms with Crippen molar-refractivity contribution < 1.29 is 29.3 Å². The van der Waals surface area contributed by atoms with Crippen molar-refractivity contribution in [1.82, 2.24) is 0 Å². The van der Waals surface area contributed by atoms with E-state index in [2.05, 4.69) is 55.5 Å². The summed E-state index contributed by atoms with van der Waals surface area (Å²) >= 11 is 0. The highest BCUT2D eigenvalue weighted by Gasteiger charge is 2.11. The van der Waals surface area contributed by atoms with Crippen LogP contribution < -0.4 is 0 Å². The summed E-state index contributed by atoms with van der Waals surface area (Å²) in [7, 11) is 0. The molecule has 0 aliphatic heterocycles. The smallest absolute Gasteiger partial charge is 0.305 e. The Labute approximate surface area is 257 Å². The van der Waals surface area contributed by atoms with E-state index >= 15 is 0 Å². The highest BCUT2D eigenvalue weighted by atomic mass is 16.6. The number of esters is 2. The van der Waals surface area contributed by atoms with Crippen molar-refractivity contribution in [2.75, 3.05) is 13.2 Å². The monoisotopic (exact) mass is 590 g/mol. The van der Waals surface area contributed by atoms with Crippen LogP contribution in [0.15, 0.2) is 48.6 Å². The molecule has 42 heavy (non-hydrogen) atoms. The lowest BCUT2D eigenvalue weighted by molar-refractivity contribution is -0.152. The van der Waals surface area contributed by atoms with Crippen LogP contribution in [0.5, 0.6) is 0 Å². The van der Waals surface area contributed by atoms with E-state index in [0.717, 1.165) is 64.2 Å². The molecule has 242 valence electrons. The number of ether oxygens (including phenoxy) is 2. The molecular weight excluding hydrogens is 528 g/mol. The highest BCUT2D eigenvalue weighted by molar-refractivity contribution is 5.69. The lowest BCUT2D eigenvalue weighted by atomic mass is 10.1. The van der Waals surface area contributed by atoms with Crippen molar-refractivity contribution in [3.8, 4) is 0 Å². The largest absolute Gasteiger partial charge is 0.463 e. The van der Waals surface area contributed by atoms with E-state index in [1.165, 1.54) is 44.9 Å². The molecule has 0 bridgehead atoms. The maximum absolute atomic E-state index is 11.9. The van der Waals surface area contributed by atoms with Gasteiger partial charge in [0.05, 0.1) is 6.10 Å². The summed E-state index contributed by atoms with van der Waals surface area (Å²) in [6, 6.07) is 0. The Kier molecular flexibility index (Phi) is 30.1. The van der Waals surface area contributed by atoms with Crippen LogP contribution in [0.3, 0.4) is 0 Å². The van der Waals surface area contributed by atoms with Gasteiger partial charge in [-0.1, -0.05) is 120 Å². The molecule has 0 aliphatic rings.